The summed E-state index contributed by atoms with van der Waals surface area (Å²) in [6, 6.07) is 5.88. The molecule has 3 nitrogen and oxygen atoms in total. The SMILES string of the molecule is Cc1cc(Cl)ccc1C(=O)N1CC[C@H]2CNC[C@H]21. The third kappa shape index (κ3) is 1.91. The monoisotopic (exact) mass is 264 g/mol. The van der Waals surface area contributed by atoms with Crippen molar-refractivity contribution >= 4 is 17.5 Å². The first-order valence-corrected chi connectivity index (χ1v) is 6.82. The molecule has 1 amide bonds. The zero-order valence-electron chi connectivity index (χ0n) is 10.4. The number of likely N-dealkylation sites (tertiary alicyclic amines) is 1. The summed E-state index contributed by atoms with van der Waals surface area (Å²) < 4.78 is 0. The molecule has 1 aromatic carbocycles. The molecule has 2 aliphatic rings. The number of carbonyl (C=O) groups excluding carboxylic acids is 1. The third-order valence-corrected chi connectivity index (χ3v) is 4.36. The molecule has 0 aromatic heterocycles. The topological polar surface area (TPSA) is 32.3 Å². The van der Waals surface area contributed by atoms with E-state index in [1.807, 2.05) is 24.0 Å². The van der Waals surface area contributed by atoms with Crippen molar-refractivity contribution in [1.29, 1.82) is 0 Å². The number of hydrogen-bond acceptors (Lipinski definition) is 2. The molecule has 0 spiro atoms. The van der Waals surface area contributed by atoms with Crippen LogP contribution in [0.1, 0.15) is 22.3 Å². The normalized spacial score (nSPS) is 26.4. The van der Waals surface area contributed by atoms with Crippen LogP contribution >= 0.6 is 11.6 Å². The minimum Gasteiger partial charge on any atom is -0.334 e. The van der Waals surface area contributed by atoms with Crippen molar-refractivity contribution in [1.82, 2.24) is 10.2 Å². The van der Waals surface area contributed by atoms with E-state index in [1.165, 1.54) is 0 Å². The molecule has 0 radical (unpaired) electrons. The van der Waals surface area contributed by atoms with Gasteiger partial charge in [0.25, 0.3) is 5.91 Å². The molecule has 2 heterocycles. The maximum Gasteiger partial charge on any atom is 0.254 e. The van der Waals surface area contributed by atoms with Crippen molar-refractivity contribution in [3.63, 3.8) is 0 Å². The fraction of sp³-hybridized carbons (Fsp3) is 0.500. The first kappa shape index (κ1) is 12.0. The quantitative estimate of drug-likeness (QED) is 0.842. The highest BCUT2D eigenvalue weighted by Crippen LogP contribution is 2.29. The number of benzene rings is 1. The molecule has 0 saturated carbocycles. The van der Waals surface area contributed by atoms with Crippen LogP contribution in [0.2, 0.25) is 5.02 Å². The van der Waals surface area contributed by atoms with Crippen LogP contribution < -0.4 is 5.32 Å². The lowest BCUT2D eigenvalue weighted by atomic mass is 10.0. The zero-order valence-corrected chi connectivity index (χ0v) is 11.2. The van der Waals surface area contributed by atoms with E-state index in [2.05, 4.69) is 5.32 Å². The van der Waals surface area contributed by atoms with E-state index in [4.69, 9.17) is 11.6 Å². The molecule has 2 fully saturated rings. The first-order chi connectivity index (χ1) is 8.66. The predicted molar refractivity (Wildman–Crippen MR) is 72.0 cm³/mol. The highest BCUT2D eigenvalue weighted by molar-refractivity contribution is 6.30. The number of nitrogens with zero attached hydrogens (tertiary/aromatic N) is 1. The zero-order chi connectivity index (χ0) is 12.7. The standard InChI is InChI=1S/C14H17ClN2O/c1-9-6-11(15)2-3-12(9)14(18)17-5-4-10-7-16-8-13(10)17/h2-3,6,10,13,16H,4-5,7-8H2,1H3/t10-,13+/m0/s1. The average Bonchev–Trinajstić information content (AvgIpc) is 2.89. The number of amides is 1. The van der Waals surface area contributed by atoms with Gasteiger partial charge in [-0.3, -0.25) is 4.79 Å². The van der Waals surface area contributed by atoms with Crippen LogP contribution in [0.5, 0.6) is 0 Å². The van der Waals surface area contributed by atoms with Gasteiger partial charge < -0.3 is 10.2 Å². The number of fused-ring (bicyclic) bond motifs is 1. The third-order valence-electron chi connectivity index (χ3n) is 4.13. The Labute approximate surface area is 112 Å². The summed E-state index contributed by atoms with van der Waals surface area (Å²) in [6.07, 6.45) is 1.12. The lowest BCUT2D eigenvalue weighted by molar-refractivity contribution is 0.0736. The van der Waals surface area contributed by atoms with E-state index in [-0.39, 0.29) is 5.91 Å². The molecular formula is C14H17ClN2O. The maximum absolute atomic E-state index is 12.6. The second-order valence-electron chi connectivity index (χ2n) is 5.23. The number of aryl methyl sites for hydroxylation is 1. The van der Waals surface area contributed by atoms with Crippen LogP contribution in [0.25, 0.3) is 0 Å². The van der Waals surface area contributed by atoms with Crippen LogP contribution in [-0.2, 0) is 0 Å². The van der Waals surface area contributed by atoms with Gasteiger partial charge in [0, 0.05) is 36.3 Å². The van der Waals surface area contributed by atoms with E-state index in [9.17, 15) is 4.79 Å². The predicted octanol–water partition coefficient (Wildman–Crippen LogP) is 2.08. The van der Waals surface area contributed by atoms with Crippen molar-refractivity contribution in [2.75, 3.05) is 19.6 Å². The second kappa shape index (κ2) is 4.56. The van der Waals surface area contributed by atoms with Crippen LogP contribution in [0.3, 0.4) is 0 Å². The van der Waals surface area contributed by atoms with Crippen LogP contribution in [0, 0.1) is 12.8 Å². The number of nitrogens with one attached hydrogen (secondary N) is 1. The van der Waals surface area contributed by atoms with Crippen LogP contribution in [-0.4, -0.2) is 36.5 Å². The fourth-order valence-electron chi connectivity index (χ4n) is 3.12. The summed E-state index contributed by atoms with van der Waals surface area (Å²) in [5.41, 5.74) is 1.74. The molecule has 2 saturated heterocycles. The van der Waals surface area contributed by atoms with Crippen molar-refractivity contribution in [3.8, 4) is 0 Å². The van der Waals surface area contributed by atoms with Crippen molar-refractivity contribution in [2.45, 2.75) is 19.4 Å². The largest absolute Gasteiger partial charge is 0.334 e. The molecule has 1 N–H and O–H groups in total. The Balaban J connectivity index is 1.86. The summed E-state index contributed by atoms with van der Waals surface area (Å²) in [7, 11) is 0. The van der Waals surface area contributed by atoms with Gasteiger partial charge in [0.2, 0.25) is 0 Å². The Morgan fingerprint density at radius 3 is 3.06 bits per heavy atom. The molecule has 18 heavy (non-hydrogen) atoms. The van der Waals surface area contributed by atoms with Gasteiger partial charge in [0.05, 0.1) is 0 Å². The minimum atomic E-state index is 0.153. The van der Waals surface area contributed by atoms with Crippen LogP contribution in [0.4, 0.5) is 0 Å². The summed E-state index contributed by atoms with van der Waals surface area (Å²) in [5, 5.41) is 4.06. The number of hydrogen-bond donors (Lipinski definition) is 1. The molecule has 2 atom stereocenters. The molecule has 2 aliphatic heterocycles. The molecular weight excluding hydrogens is 248 g/mol. The van der Waals surface area contributed by atoms with E-state index < -0.39 is 0 Å². The van der Waals surface area contributed by atoms with Crippen LogP contribution in [0.15, 0.2) is 18.2 Å². The Bertz CT molecular complexity index is 489. The number of halogens is 1. The molecule has 1 aromatic rings. The molecule has 3 rings (SSSR count). The summed E-state index contributed by atoms with van der Waals surface area (Å²) >= 11 is 5.94. The molecule has 0 unspecified atom stereocenters. The van der Waals surface area contributed by atoms with Crippen molar-refractivity contribution in [3.05, 3.63) is 34.3 Å². The highest BCUT2D eigenvalue weighted by Gasteiger charge is 2.40. The van der Waals surface area contributed by atoms with Gasteiger partial charge in [-0.2, -0.15) is 0 Å². The lowest BCUT2D eigenvalue weighted by Crippen LogP contribution is -2.39. The average molecular weight is 265 g/mol. The summed E-state index contributed by atoms with van der Waals surface area (Å²) in [4.78, 5) is 14.6. The summed E-state index contributed by atoms with van der Waals surface area (Å²) in [5.74, 6) is 0.793. The van der Waals surface area contributed by atoms with E-state index in [0.717, 1.165) is 37.2 Å². The molecule has 0 aliphatic carbocycles. The van der Waals surface area contributed by atoms with Gasteiger partial charge in [-0.05, 0) is 43.0 Å². The molecule has 96 valence electrons. The Morgan fingerprint density at radius 2 is 2.28 bits per heavy atom. The van der Waals surface area contributed by atoms with Gasteiger partial charge in [0.15, 0.2) is 0 Å². The fourth-order valence-corrected chi connectivity index (χ4v) is 3.35. The van der Waals surface area contributed by atoms with E-state index in [0.29, 0.717) is 17.0 Å². The smallest absolute Gasteiger partial charge is 0.254 e. The van der Waals surface area contributed by atoms with E-state index >= 15 is 0 Å². The Kier molecular flexibility index (Phi) is 3.04. The number of carbonyl (C=O) groups is 1. The number of rotatable bonds is 1. The van der Waals surface area contributed by atoms with Crippen molar-refractivity contribution in [2.24, 2.45) is 5.92 Å². The maximum atomic E-state index is 12.6. The Morgan fingerprint density at radius 1 is 1.44 bits per heavy atom. The first-order valence-electron chi connectivity index (χ1n) is 6.44. The van der Waals surface area contributed by atoms with Crippen molar-refractivity contribution < 1.29 is 4.79 Å². The highest BCUT2D eigenvalue weighted by atomic mass is 35.5. The van der Waals surface area contributed by atoms with Gasteiger partial charge in [0.1, 0.15) is 0 Å². The second-order valence-corrected chi connectivity index (χ2v) is 5.67. The molecule has 0 bridgehead atoms. The van der Waals surface area contributed by atoms with Gasteiger partial charge >= 0.3 is 0 Å². The minimum absolute atomic E-state index is 0.153. The summed E-state index contributed by atoms with van der Waals surface area (Å²) in [6.45, 7) is 4.81. The van der Waals surface area contributed by atoms with Gasteiger partial charge in [-0.25, -0.2) is 0 Å². The van der Waals surface area contributed by atoms with Gasteiger partial charge in [-0.1, -0.05) is 11.6 Å². The Hall–Kier alpha value is -1.06. The van der Waals surface area contributed by atoms with E-state index in [1.54, 1.807) is 6.07 Å². The van der Waals surface area contributed by atoms with Gasteiger partial charge in [-0.15, -0.1) is 0 Å². The molecule has 4 heteroatoms. The lowest BCUT2D eigenvalue weighted by Gasteiger charge is -2.24.